The highest BCUT2D eigenvalue weighted by atomic mass is 79.9. The summed E-state index contributed by atoms with van der Waals surface area (Å²) in [5, 5.41) is 0.710. The lowest BCUT2D eigenvalue weighted by atomic mass is 10.1. The van der Waals surface area contributed by atoms with Gasteiger partial charge in [0.15, 0.2) is 0 Å². The average Bonchev–Trinajstić information content (AvgIpc) is 2.98. The molecule has 1 saturated carbocycles. The zero-order valence-corrected chi connectivity index (χ0v) is 12.0. The zero-order chi connectivity index (χ0) is 11.8. The molecule has 2 rings (SSSR count). The molecule has 16 heavy (non-hydrogen) atoms. The van der Waals surface area contributed by atoms with E-state index >= 15 is 0 Å². The molecule has 1 atom stereocenters. The summed E-state index contributed by atoms with van der Waals surface area (Å²) in [7, 11) is -3.29. The van der Waals surface area contributed by atoms with Crippen LogP contribution in [0, 0.1) is 0 Å². The summed E-state index contributed by atoms with van der Waals surface area (Å²) in [5.41, 5.74) is -0.198. The number of alkyl halides is 1. The molecule has 1 N–H and O–H groups in total. The maximum Gasteiger partial charge on any atom is 0.280 e. The Balaban J connectivity index is 2.06. The van der Waals surface area contributed by atoms with Crippen LogP contribution in [0.2, 0.25) is 0 Å². The highest BCUT2D eigenvalue weighted by Crippen LogP contribution is 2.38. The lowest BCUT2D eigenvalue weighted by Crippen LogP contribution is -2.51. The fourth-order valence-electron chi connectivity index (χ4n) is 2.17. The normalized spacial score (nSPS) is 30.2. The first-order valence-electron chi connectivity index (χ1n) is 5.86. The number of piperidine rings is 1. The van der Waals surface area contributed by atoms with Crippen LogP contribution in [0.25, 0.3) is 0 Å². The van der Waals surface area contributed by atoms with Crippen molar-refractivity contribution in [1.29, 1.82) is 0 Å². The second kappa shape index (κ2) is 4.55. The molecule has 0 amide bonds. The monoisotopic (exact) mass is 310 g/mol. The largest absolute Gasteiger partial charge is 0.280 e. The molecule has 2 aliphatic rings. The molecule has 4 nitrogen and oxygen atoms in total. The third-order valence-corrected chi connectivity index (χ3v) is 6.43. The SMILES string of the molecule is CC1CCCCN1S(=O)(=O)NC1(CBr)CC1. The van der Waals surface area contributed by atoms with E-state index < -0.39 is 10.2 Å². The number of nitrogens with zero attached hydrogens (tertiary/aromatic N) is 1. The molecule has 0 spiro atoms. The molecular weight excluding hydrogens is 292 g/mol. The van der Waals surface area contributed by atoms with Crippen LogP contribution in [0.5, 0.6) is 0 Å². The maximum absolute atomic E-state index is 12.2. The zero-order valence-electron chi connectivity index (χ0n) is 9.58. The Morgan fingerprint density at radius 3 is 2.62 bits per heavy atom. The maximum atomic E-state index is 12.2. The summed E-state index contributed by atoms with van der Waals surface area (Å²) in [5.74, 6) is 0. The first kappa shape index (κ1) is 12.8. The smallest absolute Gasteiger partial charge is 0.195 e. The van der Waals surface area contributed by atoms with E-state index in [9.17, 15) is 8.42 Å². The lowest BCUT2D eigenvalue weighted by molar-refractivity contribution is 0.263. The summed E-state index contributed by atoms with van der Waals surface area (Å²) in [6.07, 6.45) is 4.98. The van der Waals surface area contributed by atoms with Crippen LogP contribution in [0.1, 0.15) is 39.0 Å². The van der Waals surface area contributed by atoms with E-state index in [0.717, 1.165) is 32.1 Å². The van der Waals surface area contributed by atoms with Crippen molar-refractivity contribution in [2.24, 2.45) is 0 Å². The molecule has 1 aliphatic heterocycles. The van der Waals surface area contributed by atoms with Crippen molar-refractivity contribution in [1.82, 2.24) is 9.03 Å². The topological polar surface area (TPSA) is 49.4 Å². The predicted molar refractivity (Wildman–Crippen MR) is 67.8 cm³/mol. The van der Waals surface area contributed by atoms with Crippen molar-refractivity contribution in [3.8, 4) is 0 Å². The average molecular weight is 311 g/mol. The minimum absolute atomic E-state index is 0.136. The van der Waals surface area contributed by atoms with Gasteiger partial charge in [0.25, 0.3) is 10.2 Å². The van der Waals surface area contributed by atoms with E-state index in [1.54, 1.807) is 4.31 Å². The Morgan fingerprint density at radius 1 is 1.44 bits per heavy atom. The molecule has 0 radical (unpaired) electrons. The van der Waals surface area contributed by atoms with Gasteiger partial charge in [-0.25, -0.2) is 0 Å². The summed E-state index contributed by atoms with van der Waals surface area (Å²) in [6.45, 7) is 2.65. The Bertz CT molecular complexity index is 354. The number of nitrogens with one attached hydrogen (secondary N) is 1. The van der Waals surface area contributed by atoms with Crippen LogP contribution in [0.4, 0.5) is 0 Å². The second-order valence-corrected chi connectivity index (χ2v) is 7.16. The third kappa shape index (κ3) is 2.60. The van der Waals surface area contributed by atoms with Crippen molar-refractivity contribution in [2.75, 3.05) is 11.9 Å². The fraction of sp³-hybridized carbons (Fsp3) is 1.00. The molecule has 0 aromatic carbocycles. The van der Waals surface area contributed by atoms with Gasteiger partial charge < -0.3 is 0 Å². The van der Waals surface area contributed by atoms with Gasteiger partial charge in [-0.15, -0.1) is 0 Å². The molecule has 6 heteroatoms. The van der Waals surface area contributed by atoms with Gasteiger partial charge in [-0.2, -0.15) is 17.4 Å². The Hall–Kier alpha value is 0.350. The Morgan fingerprint density at radius 2 is 2.12 bits per heavy atom. The van der Waals surface area contributed by atoms with Crippen LogP contribution in [-0.4, -0.2) is 36.2 Å². The van der Waals surface area contributed by atoms with Crippen molar-refractivity contribution in [3.63, 3.8) is 0 Å². The molecule has 1 heterocycles. The highest BCUT2D eigenvalue weighted by Gasteiger charge is 2.46. The van der Waals surface area contributed by atoms with Crippen LogP contribution in [-0.2, 0) is 10.2 Å². The molecule has 2 fully saturated rings. The standard InChI is InChI=1S/C10H19BrN2O2S/c1-9-4-2-3-7-13(9)16(14,15)12-10(8-11)5-6-10/h9,12H,2-8H2,1H3. The number of rotatable bonds is 4. The quantitative estimate of drug-likeness (QED) is 0.802. The first-order valence-corrected chi connectivity index (χ1v) is 8.42. The van der Waals surface area contributed by atoms with Gasteiger partial charge in [-0.1, -0.05) is 22.4 Å². The van der Waals surface area contributed by atoms with Gasteiger partial charge in [-0.3, -0.25) is 0 Å². The van der Waals surface area contributed by atoms with E-state index in [-0.39, 0.29) is 11.6 Å². The van der Waals surface area contributed by atoms with Gasteiger partial charge in [0.1, 0.15) is 0 Å². The highest BCUT2D eigenvalue weighted by molar-refractivity contribution is 9.09. The summed E-state index contributed by atoms with van der Waals surface area (Å²) >= 11 is 3.38. The van der Waals surface area contributed by atoms with Crippen molar-refractivity contribution < 1.29 is 8.42 Å². The van der Waals surface area contributed by atoms with E-state index in [0.29, 0.717) is 11.9 Å². The summed E-state index contributed by atoms with van der Waals surface area (Å²) in [4.78, 5) is 0. The first-order chi connectivity index (χ1) is 7.49. The van der Waals surface area contributed by atoms with Gasteiger partial charge in [0.2, 0.25) is 0 Å². The molecule has 0 aromatic rings. The molecule has 94 valence electrons. The van der Waals surface area contributed by atoms with Gasteiger partial charge >= 0.3 is 0 Å². The van der Waals surface area contributed by atoms with Crippen LogP contribution in [0.15, 0.2) is 0 Å². The minimum Gasteiger partial charge on any atom is -0.195 e. The number of hydrogen-bond donors (Lipinski definition) is 1. The predicted octanol–water partition coefficient (Wildman–Crippen LogP) is 1.62. The molecule has 1 saturated heterocycles. The molecular formula is C10H19BrN2O2S. The van der Waals surface area contributed by atoms with E-state index in [1.165, 1.54) is 0 Å². The van der Waals surface area contributed by atoms with Crippen LogP contribution in [0.3, 0.4) is 0 Å². The summed E-state index contributed by atoms with van der Waals surface area (Å²) < 4.78 is 28.9. The number of hydrogen-bond acceptors (Lipinski definition) is 2. The Labute approximate surface area is 106 Å². The molecule has 0 aromatic heterocycles. The van der Waals surface area contributed by atoms with Gasteiger partial charge in [-0.05, 0) is 32.6 Å². The molecule has 1 aliphatic carbocycles. The van der Waals surface area contributed by atoms with Crippen LogP contribution >= 0.6 is 15.9 Å². The van der Waals surface area contributed by atoms with Gasteiger partial charge in [0, 0.05) is 23.5 Å². The van der Waals surface area contributed by atoms with Crippen molar-refractivity contribution in [2.45, 2.75) is 50.6 Å². The molecule has 0 bridgehead atoms. The molecule has 1 unspecified atom stereocenters. The van der Waals surface area contributed by atoms with Crippen molar-refractivity contribution >= 4 is 26.1 Å². The van der Waals surface area contributed by atoms with E-state index in [4.69, 9.17) is 0 Å². The van der Waals surface area contributed by atoms with E-state index in [1.807, 2.05) is 6.92 Å². The van der Waals surface area contributed by atoms with E-state index in [2.05, 4.69) is 20.7 Å². The lowest BCUT2D eigenvalue weighted by Gasteiger charge is -2.33. The fourth-order valence-corrected chi connectivity index (χ4v) is 4.95. The van der Waals surface area contributed by atoms with Gasteiger partial charge in [0.05, 0.1) is 0 Å². The van der Waals surface area contributed by atoms with Crippen LogP contribution < -0.4 is 4.72 Å². The third-order valence-electron chi connectivity index (χ3n) is 3.51. The second-order valence-electron chi connectivity index (χ2n) is 4.98. The Kier molecular flexibility index (Phi) is 3.64. The summed E-state index contributed by atoms with van der Waals surface area (Å²) in [6, 6.07) is 0.136. The minimum atomic E-state index is -3.29. The number of halogens is 1. The van der Waals surface area contributed by atoms with Crippen molar-refractivity contribution in [3.05, 3.63) is 0 Å².